The average Bonchev–Trinajstić information content (AvgIpc) is 2.64. The molecule has 0 aromatic carbocycles. The predicted molar refractivity (Wildman–Crippen MR) is 68.0 cm³/mol. The number of nitrogens with zero attached hydrogens (tertiary/aromatic N) is 1. The van der Waals surface area contributed by atoms with Crippen molar-refractivity contribution >= 4 is 16.3 Å². The van der Waals surface area contributed by atoms with Crippen LogP contribution in [0.1, 0.15) is 35.3 Å². The van der Waals surface area contributed by atoms with Crippen LogP contribution in [0.4, 0.5) is 5.00 Å². The Morgan fingerprint density at radius 2 is 2.06 bits per heavy atom. The molecule has 0 bridgehead atoms. The van der Waals surface area contributed by atoms with E-state index in [4.69, 9.17) is 15.7 Å². The Morgan fingerprint density at radius 1 is 1.29 bits per heavy atom. The van der Waals surface area contributed by atoms with Crippen LogP contribution in [0.3, 0.4) is 0 Å². The Hall–Kier alpha value is -1.05. The minimum atomic E-state index is 0.426. The SMILES string of the molecule is N#Cc1c(N)sc2c1CCC1(CCOCC1)C2. The highest BCUT2D eigenvalue weighted by Gasteiger charge is 2.38. The number of anilines is 1. The van der Waals surface area contributed by atoms with Gasteiger partial charge < -0.3 is 10.5 Å². The predicted octanol–water partition coefficient (Wildman–Crippen LogP) is 2.49. The fraction of sp³-hybridized carbons (Fsp3) is 0.615. The van der Waals surface area contributed by atoms with Crippen molar-refractivity contribution in [3.63, 3.8) is 0 Å². The Labute approximate surface area is 105 Å². The van der Waals surface area contributed by atoms with Crippen molar-refractivity contribution in [2.24, 2.45) is 5.41 Å². The third kappa shape index (κ3) is 1.74. The maximum absolute atomic E-state index is 9.12. The van der Waals surface area contributed by atoms with E-state index >= 15 is 0 Å². The van der Waals surface area contributed by atoms with Crippen molar-refractivity contribution in [3.05, 3.63) is 16.0 Å². The summed E-state index contributed by atoms with van der Waals surface area (Å²) in [5, 5.41) is 9.83. The third-order valence-corrected chi connectivity index (χ3v) is 5.29. The first kappa shape index (κ1) is 11.1. The zero-order valence-corrected chi connectivity index (χ0v) is 10.6. The molecule has 2 aliphatic rings. The number of ether oxygens (including phenoxy) is 1. The second-order valence-electron chi connectivity index (χ2n) is 5.14. The average molecular weight is 248 g/mol. The summed E-state index contributed by atoms with van der Waals surface area (Å²) in [6.07, 6.45) is 5.63. The molecule has 3 nitrogen and oxygen atoms in total. The van der Waals surface area contributed by atoms with Gasteiger partial charge in [0.25, 0.3) is 0 Å². The first-order valence-corrected chi connectivity index (χ1v) is 6.94. The van der Waals surface area contributed by atoms with Crippen LogP contribution in [-0.2, 0) is 17.6 Å². The minimum absolute atomic E-state index is 0.426. The topological polar surface area (TPSA) is 59.0 Å². The van der Waals surface area contributed by atoms with E-state index in [1.165, 1.54) is 16.9 Å². The summed E-state index contributed by atoms with van der Waals surface area (Å²) in [6, 6.07) is 2.26. The molecule has 1 aliphatic carbocycles. The number of thiophene rings is 1. The first-order valence-electron chi connectivity index (χ1n) is 6.12. The van der Waals surface area contributed by atoms with E-state index in [1.807, 2.05) is 0 Å². The molecule has 0 amide bonds. The Kier molecular flexibility index (Phi) is 2.61. The van der Waals surface area contributed by atoms with Crippen molar-refractivity contribution in [1.82, 2.24) is 0 Å². The van der Waals surface area contributed by atoms with E-state index in [9.17, 15) is 0 Å². The second-order valence-corrected chi connectivity index (χ2v) is 6.28. The van der Waals surface area contributed by atoms with Gasteiger partial charge in [-0.15, -0.1) is 11.3 Å². The summed E-state index contributed by atoms with van der Waals surface area (Å²) in [5.74, 6) is 0. The van der Waals surface area contributed by atoms with E-state index in [1.54, 1.807) is 11.3 Å². The van der Waals surface area contributed by atoms with Crippen LogP contribution in [-0.4, -0.2) is 13.2 Å². The lowest BCUT2D eigenvalue weighted by Gasteiger charge is -2.40. The molecular weight excluding hydrogens is 232 g/mol. The molecule has 3 rings (SSSR count). The van der Waals surface area contributed by atoms with Crippen molar-refractivity contribution in [2.45, 2.75) is 32.1 Å². The zero-order chi connectivity index (χ0) is 11.9. The number of hydrogen-bond acceptors (Lipinski definition) is 4. The monoisotopic (exact) mass is 248 g/mol. The van der Waals surface area contributed by atoms with E-state index in [-0.39, 0.29) is 0 Å². The Balaban J connectivity index is 1.93. The van der Waals surface area contributed by atoms with Gasteiger partial charge in [0, 0.05) is 18.1 Å². The van der Waals surface area contributed by atoms with E-state index in [0.717, 1.165) is 44.5 Å². The highest BCUT2D eigenvalue weighted by atomic mass is 32.1. The summed E-state index contributed by atoms with van der Waals surface area (Å²) in [4.78, 5) is 1.35. The van der Waals surface area contributed by atoms with Gasteiger partial charge in [-0.1, -0.05) is 0 Å². The van der Waals surface area contributed by atoms with Crippen LogP contribution >= 0.6 is 11.3 Å². The molecule has 17 heavy (non-hydrogen) atoms. The molecule has 90 valence electrons. The molecule has 0 saturated carbocycles. The van der Waals surface area contributed by atoms with Gasteiger partial charge in [-0.2, -0.15) is 5.26 Å². The van der Waals surface area contributed by atoms with Gasteiger partial charge in [-0.25, -0.2) is 0 Å². The van der Waals surface area contributed by atoms with Crippen molar-refractivity contribution in [2.75, 3.05) is 18.9 Å². The Morgan fingerprint density at radius 3 is 2.76 bits per heavy atom. The summed E-state index contributed by atoms with van der Waals surface area (Å²) in [6.45, 7) is 1.78. The summed E-state index contributed by atoms with van der Waals surface area (Å²) >= 11 is 1.62. The molecule has 2 N–H and O–H groups in total. The van der Waals surface area contributed by atoms with Gasteiger partial charge in [0.05, 0.1) is 5.56 Å². The van der Waals surface area contributed by atoms with E-state index < -0.39 is 0 Å². The lowest BCUT2D eigenvalue weighted by atomic mass is 9.69. The fourth-order valence-electron chi connectivity index (χ4n) is 3.11. The van der Waals surface area contributed by atoms with Gasteiger partial charge in [0.1, 0.15) is 11.1 Å². The van der Waals surface area contributed by atoms with Crippen molar-refractivity contribution in [3.8, 4) is 6.07 Å². The van der Waals surface area contributed by atoms with E-state index in [2.05, 4.69) is 6.07 Å². The van der Waals surface area contributed by atoms with Crippen LogP contribution in [0, 0.1) is 16.7 Å². The first-order chi connectivity index (χ1) is 8.24. The van der Waals surface area contributed by atoms with E-state index in [0.29, 0.717) is 10.4 Å². The van der Waals surface area contributed by atoms with Crippen molar-refractivity contribution < 1.29 is 4.74 Å². The van der Waals surface area contributed by atoms with Crippen LogP contribution in [0.5, 0.6) is 0 Å². The van der Waals surface area contributed by atoms with Gasteiger partial charge in [0.15, 0.2) is 0 Å². The third-order valence-electron chi connectivity index (χ3n) is 4.22. The highest BCUT2D eigenvalue weighted by Crippen LogP contribution is 2.47. The Bertz CT molecular complexity index is 480. The lowest BCUT2D eigenvalue weighted by Crippen LogP contribution is -2.34. The number of nitrogen functional groups attached to an aromatic ring is 1. The lowest BCUT2D eigenvalue weighted by molar-refractivity contribution is 0.00809. The molecule has 0 radical (unpaired) electrons. The fourth-order valence-corrected chi connectivity index (χ4v) is 4.36. The molecule has 1 spiro atoms. The number of hydrogen-bond donors (Lipinski definition) is 1. The number of nitriles is 1. The molecule has 0 atom stereocenters. The largest absolute Gasteiger partial charge is 0.389 e. The minimum Gasteiger partial charge on any atom is -0.389 e. The van der Waals surface area contributed by atoms with Crippen LogP contribution in [0.2, 0.25) is 0 Å². The molecule has 1 aromatic rings. The van der Waals surface area contributed by atoms with Crippen LogP contribution in [0.25, 0.3) is 0 Å². The highest BCUT2D eigenvalue weighted by molar-refractivity contribution is 7.16. The smallest absolute Gasteiger partial charge is 0.104 e. The summed E-state index contributed by atoms with van der Waals surface area (Å²) in [7, 11) is 0. The molecule has 1 aliphatic heterocycles. The molecule has 2 heterocycles. The molecule has 1 aromatic heterocycles. The van der Waals surface area contributed by atoms with Gasteiger partial charge >= 0.3 is 0 Å². The number of fused-ring (bicyclic) bond motifs is 1. The second kappa shape index (κ2) is 4.01. The molecule has 1 fully saturated rings. The standard InChI is InChI=1S/C13H16N2OS/c14-8-10-9-1-2-13(3-5-16-6-4-13)7-11(9)17-12(10)15/h1-7,15H2. The van der Waals surface area contributed by atoms with Crippen LogP contribution < -0.4 is 5.73 Å². The molecule has 1 saturated heterocycles. The normalized spacial score (nSPS) is 22.1. The van der Waals surface area contributed by atoms with Crippen molar-refractivity contribution in [1.29, 1.82) is 5.26 Å². The van der Waals surface area contributed by atoms with Gasteiger partial charge in [-0.05, 0) is 43.1 Å². The number of nitrogens with two attached hydrogens (primary N) is 1. The van der Waals surface area contributed by atoms with Crippen LogP contribution in [0.15, 0.2) is 0 Å². The quantitative estimate of drug-likeness (QED) is 0.767. The van der Waals surface area contributed by atoms with Gasteiger partial charge in [0.2, 0.25) is 0 Å². The molecule has 4 heteroatoms. The zero-order valence-electron chi connectivity index (χ0n) is 9.79. The number of rotatable bonds is 0. The maximum Gasteiger partial charge on any atom is 0.104 e. The summed E-state index contributed by atoms with van der Waals surface area (Å²) < 4.78 is 5.46. The van der Waals surface area contributed by atoms with Gasteiger partial charge in [-0.3, -0.25) is 0 Å². The molecule has 0 unspecified atom stereocenters. The molecular formula is C13H16N2OS. The summed E-state index contributed by atoms with van der Waals surface area (Å²) in [5.41, 5.74) is 8.32. The maximum atomic E-state index is 9.12.